The number of carbonyl (C=O) groups excluding carboxylic acids is 1. The van der Waals surface area contributed by atoms with E-state index in [-0.39, 0.29) is 11.5 Å². The van der Waals surface area contributed by atoms with Gasteiger partial charge in [0.15, 0.2) is 17.3 Å². The van der Waals surface area contributed by atoms with Gasteiger partial charge in [-0.1, -0.05) is 15.9 Å². The predicted octanol–water partition coefficient (Wildman–Crippen LogP) is 3.75. The maximum absolute atomic E-state index is 12.1. The molecule has 0 unspecified atom stereocenters. The van der Waals surface area contributed by atoms with Crippen LogP contribution < -0.4 is 0 Å². The second-order valence-electron chi connectivity index (χ2n) is 6.04. The summed E-state index contributed by atoms with van der Waals surface area (Å²) in [4.78, 5) is 21.2. The van der Waals surface area contributed by atoms with Crippen molar-refractivity contribution in [2.75, 3.05) is 0 Å². The zero-order chi connectivity index (χ0) is 19.1. The third-order valence-corrected chi connectivity index (χ3v) is 4.69. The molecule has 132 valence electrons. The Morgan fingerprint density at radius 3 is 2.74 bits per heavy atom. The number of aryl methyl sites for hydroxylation is 1. The lowest BCUT2D eigenvalue weighted by molar-refractivity contribution is 0.101. The molecule has 0 saturated heterocycles. The van der Waals surface area contributed by atoms with Crippen LogP contribution in [0.5, 0.6) is 0 Å². The van der Waals surface area contributed by atoms with Crippen molar-refractivity contribution in [3.8, 4) is 17.7 Å². The van der Waals surface area contributed by atoms with Crippen molar-refractivity contribution in [2.45, 2.75) is 13.8 Å². The SMILES string of the molecule is CC(=O)c1ccc(-n2cnc3ccc(Br)cc32)nc1-n1nc(C#N)cc1C. The first-order chi connectivity index (χ1) is 13.0. The molecule has 8 heteroatoms. The monoisotopic (exact) mass is 420 g/mol. The molecular formula is C19H13BrN6O. The van der Waals surface area contributed by atoms with Gasteiger partial charge in [0.05, 0.1) is 16.6 Å². The van der Waals surface area contributed by atoms with Crippen molar-refractivity contribution in [3.05, 3.63) is 64.1 Å². The molecule has 4 rings (SSSR count). The van der Waals surface area contributed by atoms with E-state index in [0.29, 0.717) is 17.2 Å². The maximum Gasteiger partial charge on any atom is 0.166 e. The largest absolute Gasteiger partial charge is 0.294 e. The minimum atomic E-state index is -0.129. The fraction of sp³-hybridized carbons (Fsp3) is 0.105. The highest BCUT2D eigenvalue weighted by molar-refractivity contribution is 9.10. The van der Waals surface area contributed by atoms with Crippen LogP contribution in [0.25, 0.3) is 22.7 Å². The Morgan fingerprint density at radius 2 is 2.04 bits per heavy atom. The molecule has 0 aliphatic carbocycles. The fourth-order valence-corrected chi connectivity index (χ4v) is 3.26. The van der Waals surface area contributed by atoms with Gasteiger partial charge in [-0.25, -0.2) is 14.6 Å². The molecule has 0 aliphatic heterocycles. The predicted molar refractivity (Wildman–Crippen MR) is 103 cm³/mol. The van der Waals surface area contributed by atoms with Gasteiger partial charge in [-0.05, 0) is 50.2 Å². The summed E-state index contributed by atoms with van der Waals surface area (Å²) in [6.45, 7) is 3.30. The Bertz CT molecular complexity index is 1250. The lowest BCUT2D eigenvalue weighted by atomic mass is 10.2. The van der Waals surface area contributed by atoms with Gasteiger partial charge in [-0.2, -0.15) is 10.4 Å². The van der Waals surface area contributed by atoms with Crippen LogP contribution in [-0.4, -0.2) is 30.1 Å². The number of hydrogen-bond donors (Lipinski definition) is 0. The molecule has 0 aliphatic rings. The van der Waals surface area contributed by atoms with E-state index in [4.69, 9.17) is 5.26 Å². The molecule has 4 aromatic rings. The van der Waals surface area contributed by atoms with Crippen LogP contribution in [0.15, 0.2) is 47.2 Å². The number of imidazole rings is 1. The van der Waals surface area contributed by atoms with E-state index < -0.39 is 0 Å². The summed E-state index contributed by atoms with van der Waals surface area (Å²) < 4.78 is 4.30. The van der Waals surface area contributed by atoms with Crippen molar-refractivity contribution in [3.63, 3.8) is 0 Å². The quantitative estimate of drug-likeness (QED) is 0.470. The Balaban J connectivity index is 1.96. The summed E-state index contributed by atoms with van der Waals surface area (Å²) in [6, 6.07) is 13.0. The smallest absolute Gasteiger partial charge is 0.166 e. The molecule has 3 heterocycles. The molecule has 0 spiro atoms. The molecular weight excluding hydrogens is 408 g/mol. The van der Waals surface area contributed by atoms with Crippen LogP contribution in [0, 0.1) is 18.3 Å². The van der Waals surface area contributed by atoms with Crippen molar-refractivity contribution < 1.29 is 4.79 Å². The zero-order valence-electron chi connectivity index (χ0n) is 14.5. The number of Topliss-reactive ketones (excluding diaryl/α,β-unsaturated/α-hetero) is 1. The van der Waals surface area contributed by atoms with Crippen LogP contribution in [0.1, 0.15) is 28.7 Å². The fourth-order valence-electron chi connectivity index (χ4n) is 2.92. The average Bonchev–Trinajstić information content (AvgIpc) is 3.24. The second-order valence-corrected chi connectivity index (χ2v) is 6.95. The van der Waals surface area contributed by atoms with E-state index in [1.54, 1.807) is 24.5 Å². The third-order valence-electron chi connectivity index (χ3n) is 4.20. The van der Waals surface area contributed by atoms with Gasteiger partial charge < -0.3 is 0 Å². The first-order valence-electron chi connectivity index (χ1n) is 8.10. The zero-order valence-corrected chi connectivity index (χ0v) is 16.1. The summed E-state index contributed by atoms with van der Waals surface area (Å²) in [5, 5.41) is 13.4. The van der Waals surface area contributed by atoms with Crippen molar-refractivity contribution in [2.24, 2.45) is 0 Å². The first-order valence-corrected chi connectivity index (χ1v) is 8.89. The first kappa shape index (κ1) is 17.1. The van der Waals surface area contributed by atoms with Crippen LogP contribution in [-0.2, 0) is 0 Å². The minimum Gasteiger partial charge on any atom is -0.294 e. The number of nitrogens with zero attached hydrogens (tertiary/aromatic N) is 6. The number of rotatable bonds is 3. The Labute approximate surface area is 163 Å². The number of halogens is 1. The number of pyridine rings is 1. The third kappa shape index (κ3) is 2.92. The Hall–Kier alpha value is -3.31. The van der Waals surface area contributed by atoms with Crippen molar-refractivity contribution in [1.82, 2.24) is 24.3 Å². The van der Waals surface area contributed by atoms with E-state index >= 15 is 0 Å². The van der Waals surface area contributed by atoms with E-state index in [0.717, 1.165) is 21.2 Å². The van der Waals surface area contributed by atoms with Gasteiger partial charge in [0, 0.05) is 10.2 Å². The maximum atomic E-state index is 12.1. The molecule has 7 nitrogen and oxygen atoms in total. The molecule has 0 radical (unpaired) electrons. The molecule has 0 atom stereocenters. The van der Waals surface area contributed by atoms with E-state index in [1.165, 1.54) is 11.6 Å². The molecule has 0 N–H and O–H groups in total. The number of fused-ring (bicyclic) bond motifs is 1. The number of aromatic nitrogens is 5. The van der Waals surface area contributed by atoms with E-state index in [2.05, 4.69) is 31.0 Å². The Kier molecular flexibility index (Phi) is 4.09. The van der Waals surface area contributed by atoms with Crippen molar-refractivity contribution >= 4 is 32.7 Å². The average molecular weight is 421 g/mol. The van der Waals surface area contributed by atoms with Crippen LogP contribution in [0.4, 0.5) is 0 Å². The number of hydrogen-bond acceptors (Lipinski definition) is 5. The lowest BCUT2D eigenvalue weighted by Crippen LogP contribution is -2.11. The van der Waals surface area contributed by atoms with Crippen LogP contribution in [0.2, 0.25) is 0 Å². The number of carbonyl (C=O) groups is 1. The lowest BCUT2D eigenvalue weighted by Gasteiger charge is -2.11. The van der Waals surface area contributed by atoms with Crippen LogP contribution >= 0.6 is 15.9 Å². The highest BCUT2D eigenvalue weighted by atomic mass is 79.9. The Morgan fingerprint density at radius 1 is 1.22 bits per heavy atom. The van der Waals surface area contributed by atoms with E-state index in [9.17, 15) is 4.79 Å². The van der Waals surface area contributed by atoms with Crippen LogP contribution in [0.3, 0.4) is 0 Å². The number of ketones is 1. The summed E-state index contributed by atoms with van der Waals surface area (Å²) in [7, 11) is 0. The summed E-state index contributed by atoms with van der Waals surface area (Å²) >= 11 is 3.47. The second kappa shape index (κ2) is 6.45. The molecule has 0 amide bonds. The molecule has 1 aromatic carbocycles. The molecule has 0 fully saturated rings. The minimum absolute atomic E-state index is 0.129. The van der Waals surface area contributed by atoms with Gasteiger partial charge >= 0.3 is 0 Å². The molecule has 0 bridgehead atoms. The van der Waals surface area contributed by atoms with Gasteiger partial charge in [0.1, 0.15) is 18.2 Å². The standard InChI is InChI=1S/C19H13BrN6O/c1-11-7-14(9-21)24-26(11)19-15(12(2)27)4-6-18(23-19)25-10-22-16-5-3-13(20)8-17(16)25/h3-8,10H,1-2H3. The van der Waals surface area contributed by atoms with Gasteiger partial charge in [0.2, 0.25) is 0 Å². The van der Waals surface area contributed by atoms with Gasteiger partial charge in [-0.15, -0.1) is 0 Å². The summed E-state index contributed by atoms with van der Waals surface area (Å²) in [5.41, 5.74) is 3.13. The molecule has 27 heavy (non-hydrogen) atoms. The number of benzene rings is 1. The molecule has 3 aromatic heterocycles. The topological polar surface area (TPSA) is 89.4 Å². The summed E-state index contributed by atoms with van der Waals surface area (Å²) in [6.07, 6.45) is 1.69. The van der Waals surface area contributed by atoms with Gasteiger partial charge in [0.25, 0.3) is 0 Å². The summed E-state index contributed by atoms with van der Waals surface area (Å²) in [5.74, 6) is 0.857. The normalized spacial score (nSPS) is 10.9. The highest BCUT2D eigenvalue weighted by Gasteiger charge is 2.17. The van der Waals surface area contributed by atoms with Crippen molar-refractivity contribution in [1.29, 1.82) is 5.26 Å². The van der Waals surface area contributed by atoms with Gasteiger partial charge in [-0.3, -0.25) is 9.36 Å². The highest BCUT2D eigenvalue weighted by Crippen LogP contribution is 2.23. The number of nitriles is 1. The molecule has 0 saturated carbocycles. The van der Waals surface area contributed by atoms with E-state index in [1.807, 2.05) is 35.8 Å².